The van der Waals surface area contributed by atoms with E-state index in [9.17, 15) is 4.79 Å². The minimum Gasteiger partial charge on any atom is -0.379 e. The lowest BCUT2D eigenvalue weighted by Crippen LogP contribution is -2.21. The van der Waals surface area contributed by atoms with Gasteiger partial charge in [-0.3, -0.25) is 9.36 Å². The number of aromatic nitrogens is 1. The smallest absolute Gasteiger partial charge is 0.307 e. The summed E-state index contributed by atoms with van der Waals surface area (Å²) in [6.45, 7) is 4.68. The molecule has 0 N–H and O–H groups in total. The average molecular weight is 319 g/mol. The summed E-state index contributed by atoms with van der Waals surface area (Å²) in [5.74, 6) is 0. The first-order chi connectivity index (χ1) is 10.8. The van der Waals surface area contributed by atoms with Gasteiger partial charge in [0.1, 0.15) is 0 Å². The molecule has 0 saturated carbocycles. The van der Waals surface area contributed by atoms with E-state index in [-0.39, 0.29) is 11.0 Å². The SMILES string of the molecule is CCc1sc(=O)n(CCOC2CCOC2)c1-c1ccccc1. The van der Waals surface area contributed by atoms with Gasteiger partial charge in [0.15, 0.2) is 0 Å². The van der Waals surface area contributed by atoms with Crippen LogP contribution in [0.5, 0.6) is 0 Å². The van der Waals surface area contributed by atoms with E-state index in [1.54, 1.807) is 0 Å². The van der Waals surface area contributed by atoms with Crippen LogP contribution in [0, 0.1) is 0 Å². The fourth-order valence-corrected chi connectivity index (χ4v) is 3.73. The molecule has 0 aliphatic carbocycles. The summed E-state index contributed by atoms with van der Waals surface area (Å²) in [7, 11) is 0. The fourth-order valence-electron chi connectivity index (χ4n) is 2.76. The van der Waals surface area contributed by atoms with Crippen molar-refractivity contribution in [1.29, 1.82) is 0 Å². The minimum absolute atomic E-state index is 0.0991. The molecule has 1 aromatic heterocycles. The van der Waals surface area contributed by atoms with E-state index in [1.165, 1.54) is 11.3 Å². The zero-order chi connectivity index (χ0) is 15.4. The molecule has 1 fully saturated rings. The maximum Gasteiger partial charge on any atom is 0.307 e. The summed E-state index contributed by atoms with van der Waals surface area (Å²) in [6.07, 6.45) is 2.00. The Morgan fingerprint density at radius 1 is 1.36 bits per heavy atom. The fraction of sp³-hybridized carbons (Fsp3) is 0.471. The van der Waals surface area contributed by atoms with E-state index < -0.39 is 0 Å². The number of thiazole rings is 1. The summed E-state index contributed by atoms with van der Waals surface area (Å²) >= 11 is 1.35. The molecule has 0 bridgehead atoms. The summed E-state index contributed by atoms with van der Waals surface area (Å²) in [5.41, 5.74) is 2.14. The van der Waals surface area contributed by atoms with Gasteiger partial charge < -0.3 is 9.47 Å². The second kappa shape index (κ2) is 7.22. The maximum atomic E-state index is 12.3. The van der Waals surface area contributed by atoms with E-state index in [1.807, 2.05) is 22.8 Å². The van der Waals surface area contributed by atoms with Crippen molar-refractivity contribution in [1.82, 2.24) is 4.57 Å². The van der Waals surface area contributed by atoms with Crippen LogP contribution in [0.4, 0.5) is 0 Å². The molecule has 0 radical (unpaired) electrons. The van der Waals surface area contributed by atoms with Crippen LogP contribution in [0.3, 0.4) is 0 Å². The van der Waals surface area contributed by atoms with E-state index in [0.29, 0.717) is 19.8 Å². The standard InChI is InChI=1S/C17H21NO3S/c1-2-15-16(13-6-4-3-5-7-13)18(17(19)22-15)9-11-21-14-8-10-20-12-14/h3-7,14H,2,8-12H2,1H3. The summed E-state index contributed by atoms with van der Waals surface area (Å²) in [4.78, 5) is 13.6. The highest BCUT2D eigenvalue weighted by Gasteiger charge is 2.18. The van der Waals surface area contributed by atoms with Crippen molar-refractivity contribution in [3.05, 3.63) is 44.9 Å². The zero-order valence-electron chi connectivity index (χ0n) is 12.8. The molecule has 1 aliphatic rings. The van der Waals surface area contributed by atoms with Gasteiger partial charge in [0.05, 0.1) is 31.6 Å². The second-order valence-electron chi connectivity index (χ2n) is 5.37. The lowest BCUT2D eigenvalue weighted by molar-refractivity contribution is 0.0383. The Kier molecular flexibility index (Phi) is 5.08. The molecule has 0 spiro atoms. The van der Waals surface area contributed by atoms with Gasteiger partial charge in [-0.2, -0.15) is 0 Å². The van der Waals surface area contributed by atoms with E-state index in [2.05, 4.69) is 19.1 Å². The molecule has 1 aromatic carbocycles. The van der Waals surface area contributed by atoms with Crippen molar-refractivity contribution in [2.75, 3.05) is 19.8 Å². The monoisotopic (exact) mass is 319 g/mol. The molecule has 2 aromatic rings. The molecule has 2 heterocycles. The Labute approximate surface area is 134 Å². The number of benzene rings is 1. The van der Waals surface area contributed by atoms with Crippen molar-refractivity contribution < 1.29 is 9.47 Å². The molecule has 3 rings (SSSR count). The van der Waals surface area contributed by atoms with Crippen LogP contribution in [0.2, 0.25) is 0 Å². The first-order valence-corrected chi connectivity index (χ1v) is 8.58. The molecule has 118 valence electrons. The second-order valence-corrected chi connectivity index (χ2v) is 6.41. The Hall–Kier alpha value is -1.43. The summed E-state index contributed by atoms with van der Waals surface area (Å²) < 4.78 is 13.0. The first kappa shape index (κ1) is 15.5. The molecule has 5 heteroatoms. The van der Waals surface area contributed by atoms with Crippen LogP contribution in [-0.4, -0.2) is 30.5 Å². The van der Waals surface area contributed by atoms with Gasteiger partial charge in [-0.1, -0.05) is 48.6 Å². The first-order valence-electron chi connectivity index (χ1n) is 7.77. The van der Waals surface area contributed by atoms with Gasteiger partial charge in [0.2, 0.25) is 0 Å². The van der Waals surface area contributed by atoms with Crippen molar-refractivity contribution >= 4 is 11.3 Å². The minimum atomic E-state index is 0.0991. The molecular weight excluding hydrogens is 298 g/mol. The molecule has 1 aliphatic heterocycles. The average Bonchev–Trinajstić information content (AvgIpc) is 3.16. The Morgan fingerprint density at radius 2 is 2.18 bits per heavy atom. The van der Waals surface area contributed by atoms with E-state index >= 15 is 0 Å². The highest BCUT2D eigenvalue weighted by atomic mass is 32.1. The molecule has 4 nitrogen and oxygen atoms in total. The third kappa shape index (κ3) is 3.32. The largest absolute Gasteiger partial charge is 0.379 e. The third-order valence-electron chi connectivity index (χ3n) is 3.89. The third-order valence-corrected chi connectivity index (χ3v) is 5.01. The maximum absolute atomic E-state index is 12.3. The lowest BCUT2D eigenvalue weighted by atomic mass is 10.1. The van der Waals surface area contributed by atoms with Crippen molar-refractivity contribution in [2.24, 2.45) is 0 Å². The van der Waals surface area contributed by atoms with Crippen molar-refractivity contribution in [3.8, 4) is 11.3 Å². The molecular formula is C17H21NO3S. The zero-order valence-corrected chi connectivity index (χ0v) is 13.6. The Morgan fingerprint density at radius 3 is 2.86 bits per heavy atom. The van der Waals surface area contributed by atoms with Gasteiger partial charge in [0, 0.05) is 11.5 Å². The topological polar surface area (TPSA) is 40.5 Å². The molecule has 0 amide bonds. The Balaban J connectivity index is 1.80. The van der Waals surface area contributed by atoms with Gasteiger partial charge in [-0.25, -0.2) is 0 Å². The normalized spacial score (nSPS) is 18.0. The number of rotatable bonds is 6. The van der Waals surface area contributed by atoms with E-state index in [0.717, 1.165) is 35.6 Å². The number of ether oxygens (including phenoxy) is 2. The number of hydrogen-bond acceptors (Lipinski definition) is 4. The molecule has 1 unspecified atom stereocenters. The molecule has 1 saturated heterocycles. The lowest BCUT2D eigenvalue weighted by Gasteiger charge is -2.12. The summed E-state index contributed by atoms with van der Waals surface area (Å²) in [6, 6.07) is 10.1. The number of nitrogens with zero attached hydrogens (tertiary/aromatic N) is 1. The van der Waals surface area contributed by atoms with Gasteiger partial charge in [-0.15, -0.1) is 0 Å². The van der Waals surface area contributed by atoms with Gasteiger partial charge >= 0.3 is 4.87 Å². The highest BCUT2D eigenvalue weighted by molar-refractivity contribution is 7.09. The van der Waals surface area contributed by atoms with Crippen molar-refractivity contribution in [3.63, 3.8) is 0 Å². The summed E-state index contributed by atoms with van der Waals surface area (Å²) in [5, 5.41) is 0. The van der Waals surface area contributed by atoms with Crippen LogP contribution in [0.15, 0.2) is 35.1 Å². The van der Waals surface area contributed by atoms with Crippen LogP contribution in [-0.2, 0) is 22.4 Å². The van der Waals surface area contributed by atoms with Gasteiger partial charge in [-0.05, 0) is 18.4 Å². The predicted molar refractivity (Wildman–Crippen MR) is 88.6 cm³/mol. The molecule has 22 heavy (non-hydrogen) atoms. The predicted octanol–water partition coefficient (Wildman–Crippen LogP) is 2.94. The van der Waals surface area contributed by atoms with Crippen LogP contribution in [0.25, 0.3) is 11.3 Å². The quantitative estimate of drug-likeness (QED) is 0.822. The van der Waals surface area contributed by atoms with Crippen LogP contribution < -0.4 is 4.87 Å². The Bertz CT molecular complexity index is 656. The molecule has 1 atom stereocenters. The number of aryl methyl sites for hydroxylation is 1. The van der Waals surface area contributed by atoms with Gasteiger partial charge in [0.25, 0.3) is 0 Å². The van der Waals surface area contributed by atoms with Crippen LogP contribution >= 0.6 is 11.3 Å². The van der Waals surface area contributed by atoms with Crippen LogP contribution in [0.1, 0.15) is 18.2 Å². The van der Waals surface area contributed by atoms with E-state index in [4.69, 9.17) is 9.47 Å². The highest BCUT2D eigenvalue weighted by Crippen LogP contribution is 2.26. The number of hydrogen-bond donors (Lipinski definition) is 0. The van der Waals surface area contributed by atoms with Crippen molar-refractivity contribution in [2.45, 2.75) is 32.4 Å².